The van der Waals surface area contributed by atoms with E-state index in [9.17, 15) is 18.0 Å². The summed E-state index contributed by atoms with van der Waals surface area (Å²) in [5.41, 5.74) is 2.49. The number of esters is 1. The number of ether oxygens (including phenoxy) is 3. The van der Waals surface area contributed by atoms with E-state index in [1.807, 2.05) is 12.1 Å². The molecule has 4 rings (SSSR count). The topological polar surface area (TPSA) is 111 Å². The second-order valence-corrected chi connectivity index (χ2v) is 10.5. The van der Waals surface area contributed by atoms with E-state index in [-0.39, 0.29) is 16.2 Å². The largest absolute Gasteiger partial charge is 0.496 e. The molecular weight excluding hydrogens is 520 g/mol. The molecule has 0 saturated carbocycles. The zero-order valence-electron chi connectivity index (χ0n) is 20.4. The Hall–Kier alpha value is -3.76. The number of halogens is 1. The molecule has 1 amide bonds. The molecule has 0 saturated heterocycles. The molecular formula is C26H25ClN2O7S. The van der Waals surface area contributed by atoms with Gasteiger partial charge in [-0.15, -0.1) is 0 Å². The maximum atomic E-state index is 13.4. The van der Waals surface area contributed by atoms with Crippen LogP contribution in [0.15, 0.2) is 59.5 Å². The SMILES string of the molecule is COc1cc(Cl)c(C)cc1NC(=O)COC(=O)c1cc(S(=O)(=O)N2CCc3ccccc32)ccc1OC. The highest BCUT2D eigenvalue weighted by Crippen LogP contribution is 2.34. The molecule has 0 atom stereocenters. The van der Waals surface area contributed by atoms with Crippen LogP contribution < -0.4 is 19.1 Å². The fraction of sp³-hybridized carbons (Fsp3) is 0.231. The number of carbonyl (C=O) groups is 2. The van der Waals surface area contributed by atoms with Gasteiger partial charge in [0.15, 0.2) is 6.61 Å². The number of benzene rings is 3. The molecule has 0 spiro atoms. The minimum atomic E-state index is -3.95. The number of aryl methyl sites for hydroxylation is 1. The van der Waals surface area contributed by atoms with Gasteiger partial charge in [-0.1, -0.05) is 29.8 Å². The summed E-state index contributed by atoms with van der Waals surface area (Å²) >= 11 is 6.09. The van der Waals surface area contributed by atoms with Crippen LogP contribution in [-0.2, 0) is 26.0 Å². The summed E-state index contributed by atoms with van der Waals surface area (Å²) in [5, 5.41) is 3.09. The molecule has 0 radical (unpaired) electrons. The Morgan fingerprint density at radius 1 is 1.03 bits per heavy atom. The van der Waals surface area contributed by atoms with Crippen LogP contribution in [0.2, 0.25) is 5.02 Å². The highest BCUT2D eigenvalue weighted by Gasteiger charge is 2.32. The molecule has 37 heavy (non-hydrogen) atoms. The first-order valence-corrected chi connectivity index (χ1v) is 13.1. The van der Waals surface area contributed by atoms with Crippen molar-refractivity contribution >= 4 is 44.9 Å². The monoisotopic (exact) mass is 544 g/mol. The maximum absolute atomic E-state index is 13.4. The first-order chi connectivity index (χ1) is 17.6. The van der Waals surface area contributed by atoms with Crippen molar-refractivity contribution in [2.24, 2.45) is 0 Å². The Balaban J connectivity index is 1.51. The lowest BCUT2D eigenvalue weighted by molar-refractivity contribution is -0.119. The smallest absolute Gasteiger partial charge is 0.342 e. The standard InChI is InChI=1S/C26H25ClN2O7S/c1-16-12-21(24(35-3)14-20(16)27)28-25(30)15-36-26(31)19-13-18(8-9-23(19)34-2)37(32,33)29-11-10-17-6-4-5-7-22(17)29/h4-9,12-14H,10-11,15H2,1-3H3,(H,28,30). The van der Waals surface area contributed by atoms with E-state index in [1.165, 1.54) is 36.7 Å². The predicted octanol–water partition coefficient (Wildman–Crippen LogP) is 4.21. The minimum absolute atomic E-state index is 0.0946. The molecule has 194 valence electrons. The molecule has 3 aromatic carbocycles. The fourth-order valence-electron chi connectivity index (χ4n) is 4.02. The lowest BCUT2D eigenvalue weighted by atomic mass is 10.2. The Bertz CT molecular complexity index is 1470. The number of methoxy groups -OCH3 is 2. The van der Waals surface area contributed by atoms with E-state index in [0.29, 0.717) is 35.1 Å². The molecule has 11 heteroatoms. The molecule has 1 aliphatic rings. The van der Waals surface area contributed by atoms with Crippen LogP contribution in [0.1, 0.15) is 21.5 Å². The summed E-state index contributed by atoms with van der Waals surface area (Å²) in [4.78, 5) is 25.2. The fourth-order valence-corrected chi connectivity index (χ4v) is 5.70. The van der Waals surface area contributed by atoms with E-state index < -0.39 is 28.5 Å². The van der Waals surface area contributed by atoms with Gasteiger partial charge in [-0.3, -0.25) is 9.10 Å². The average Bonchev–Trinajstić information content (AvgIpc) is 3.34. The zero-order chi connectivity index (χ0) is 26.7. The second-order valence-electron chi connectivity index (χ2n) is 8.24. The first-order valence-electron chi connectivity index (χ1n) is 11.3. The molecule has 1 heterocycles. The van der Waals surface area contributed by atoms with Gasteiger partial charge in [-0.05, 0) is 54.8 Å². The van der Waals surface area contributed by atoms with Crippen LogP contribution in [0.25, 0.3) is 0 Å². The Morgan fingerprint density at radius 2 is 1.76 bits per heavy atom. The number of sulfonamides is 1. The summed E-state index contributed by atoms with van der Waals surface area (Å²) in [6, 6.07) is 14.4. The number of anilines is 2. The number of hydrogen-bond acceptors (Lipinski definition) is 7. The number of nitrogens with zero attached hydrogens (tertiary/aromatic N) is 1. The summed E-state index contributed by atoms with van der Waals surface area (Å²) in [5.74, 6) is -1.07. The summed E-state index contributed by atoms with van der Waals surface area (Å²) < 4.78 is 43.8. The van der Waals surface area contributed by atoms with Gasteiger partial charge < -0.3 is 19.5 Å². The van der Waals surface area contributed by atoms with E-state index in [0.717, 1.165) is 11.1 Å². The Morgan fingerprint density at radius 3 is 2.49 bits per heavy atom. The van der Waals surface area contributed by atoms with Gasteiger partial charge in [0.05, 0.1) is 30.5 Å². The molecule has 9 nitrogen and oxygen atoms in total. The van der Waals surface area contributed by atoms with Crippen molar-refractivity contribution in [3.63, 3.8) is 0 Å². The summed E-state index contributed by atoms with van der Waals surface area (Å²) in [7, 11) is -1.17. The molecule has 0 unspecified atom stereocenters. The van der Waals surface area contributed by atoms with E-state index in [2.05, 4.69) is 5.32 Å². The average molecular weight is 545 g/mol. The number of hydrogen-bond donors (Lipinski definition) is 1. The van der Waals surface area contributed by atoms with Crippen molar-refractivity contribution in [2.45, 2.75) is 18.2 Å². The van der Waals surface area contributed by atoms with Crippen molar-refractivity contribution in [3.05, 3.63) is 76.3 Å². The number of para-hydroxylation sites is 1. The zero-order valence-corrected chi connectivity index (χ0v) is 22.0. The van der Waals surface area contributed by atoms with Gasteiger partial charge in [-0.2, -0.15) is 0 Å². The minimum Gasteiger partial charge on any atom is -0.496 e. The molecule has 0 fully saturated rings. The molecule has 0 aromatic heterocycles. The highest BCUT2D eigenvalue weighted by atomic mass is 35.5. The third-order valence-corrected chi connectivity index (χ3v) is 8.13. The quantitative estimate of drug-likeness (QED) is 0.423. The predicted molar refractivity (Wildman–Crippen MR) is 139 cm³/mol. The number of fused-ring (bicyclic) bond motifs is 1. The lowest BCUT2D eigenvalue weighted by Gasteiger charge is -2.20. The molecule has 1 aliphatic heterocycles. The van der Waals surface area contributed by atoms with Crippen LogP contribution >= 0.6 is 11.6 Å². The normalized spacial score (nSPS) is 12.6. The van der Waals surface area contributed by atoms with E-state index in [1.54, 1.807) is 31.2 Å². The van der Waals surface area contributed by atoms with E-state index >= 15 is 0 Å². The second kappa shape index (κ2) is 10.7. The highest BCUT2D eigenvalue weighted by molar-refractivity contribution is 7.92. The van der Waals surface area contributed by atoms with Gasteiger partial charge in [0.1, 0.15) is 17.1 Å². The molecule has 0 bridgehead atoms. The van der Waals surface area contributed by atoms with Crippen molar-refractivity contribution in [1.82, 2.24) is 0 Å². The lowest BCUT2D eigenvalue weighted by Crippen LogP contribution is -2.29. The van der Waals surface area contributed by atoms with Crippen molar-refractivity contribution < 1.29 is 32.2 Å². The van der Waals surface area contributed by atoms with Crippen LogP contribution in [-0.4, -0.2) is 47.7 Å². The Labute approximate surface area is 219 Å². The molecule has 3 aromatic rings. The van der Waals surface area contributed by atoms with Crippen LogP contribution in [0.3, 0.4) is 0 Å². The first kappa shape index (κ1) is 26.3. The maximum Gasteiger partial charge on any atom is 0.342 e. The van der Waals surface area contributed by atoms with Gasteiger partial charge >= 0.3 is 5.97 Å². The summed E-state index contributed by atoms with van der Waals surface area (Å²) in [6.07, 6.45) is 0.591. The van der Waals surface area contributed by atoms with Crippen molar-refractivity contribution in [2.75, 3.05) is 37.0 Å². The van der Waals surface area contributed by atoms with Crippen LogP contribution in [0, 0.1) is 6.92 Å². The van der Waals surface area contributed by atoms with Crippen molar-refractivity contribution in [3.8, 4) is 11.5 Å². The van der Waals surface area contributed by atoms with Crippen LogP contribution in [0.5, 0.6) is 11.5 Å². The third kappa shape index (κ3) is 5.35. The number of carbonyl (C=O) groups excluding carboxylic acids is 2. The number of rotatable bonds is 8. The van der Waals surface area contributed by atoms with Crippen LogP contribution in [0.4, 0.5) is 11.4 Å². The third-order valence-electron chi connectivity index (χ3n) is 5.91. The van der Waals surface area contributed by atoms with Gasteiger partial charge in [-0.25, -0.2) is 13.2 Å². The molecule has 0 aliphatic carbocycles. The number of nitrogens with one attached hydrogen (secondary N) is 1. The van der Waals surface area contributed by atoms with Gasteiger partial charge in [0, 0.05) is 17.6 Å². The molecule has 1 N–H and O–H groups in total. The van der Waals surface area contributed by atoms with Crippen molar-refractivity contribution in [1.29, 1.82) is 0 Å². The van der Waals surface area contributed by atoms with Gasteiger partial charge in [0.2, 0.25) is 0 Å². The van der Waals surface area contributed by atoms with E-state index in [4.69, 9.17) is 25.8 Å². The van der Waals surface area contributed by atoms with Gasteiger partial charge in [0.25, 0.3) is 15.9 Å². The number of amides is 1. The summed E-state index contributed by atoms with van der Waals surface area (Å²) in [6.45, 7) is 1.44. The Kier molecular flexibility index (Phi) is 7.60.